The first-order chi connectivity index (χ1) is 12.4. The topological polar surface area (TPSA) is 68.2 Å². The third-order valence-electron chi connectivity index (χ3n) is 5.28. The summed E-state index contributed by atoms with van der Waals surface area (Å²) in [6, 6.07) is 8.87. The summed E-state index contributed by atoms with van der Waals surface area (Å²) >= 11 is 0. The molecule has 0 aliphatic carbocycles. The zero-order valence-electron chi connectivity index (χ0n) is 16.3. The van der Waals surface area contributed by atoms with Crippen molar-refractivity contribution < 1.29 is 9.53 Å². The second kappa shape index (κ2) is 8.72. The third-order valence-corrected chi connectivity index (χ3v) is 5.28. The van der Waals surface area contributed by atoms with E-state index in [4.69, 9.17) is 4.74 Å². The van der Waals surface area contributed by atoms with Crippen molar-refractivity contribution in [2.45, 2.75) is 46.0 Å². The number of anilines is 1. The maximum absolute atomic E-state index is 12.1. The van der Waals surface area contributed by atoms with E-state index in [1.807, 2.05) is 31.5 Å². The van der Waals surface area contributed by atoms with Crippen LogP contribution in [0, 0.1) is 11.3 Å². The number of halogens is 2. The lowest BCUT2D eigenvalue weighted by molar-refractivity contribution is -0.157. The molecule has 8 heteroatoms. The predicted molar refractivity (Wildman–Crippen MR) is 114 cm³/mol. The predicted octanol–water partition coefficient (Wildman–Crippen LogP) is 4.09. The number of aromatic nitrogens is 2. The standard InChI is InChI=1S/C20H26N4O2.2ClH/c1-20(2,3)19(25)26-12-24-11-10-22-18(24)17-14-8-9-21-16(14)13-6-4-5-7-15(13)23-17;;/h4-7,10-11,14,16-17,21,23H,8-9,12H2,1-3H3;2*1H/t14-,16+,17-;;/m0../s1. The average molecular weight is 427 g/mol. The van der Waals surface area contributed by atoms with Crippen LogP contribution < -0.4 is 10.6 Å². The van der Waals surface area contributed by atoms with Gasteiger partial charge in [0.25, 0.3) is 0 Å². The Morgan fingerprint density at radius 1 is 1.25 bits per heavy atom. The van der Waals surface area contributed by atoms with E-state index in [-0.39, 0.29) is 43.6 Å². The lowest BCUT2D eigenvalue weighted by Gasteiger charge is -2.36. The van der Waals surface area contributed by atoms with E-state index in [1.54, 1.807) is 6.20 Å². The number of carbonyl (C=O) groups excluding carboxylic acids is 1. The number of imidazole rings is 1. The van der Waals surface area contributed by atoms with Crippen molar-refractivity contribution in [2.75, 3.05) is 11.9 Å². The maximum Gasteiger partial charge on any atom is 0.312 e. The Labute approximate surface area is 178 Å². The fourth-order valence-electron chi connectivity index (χ4n) is 3.91. The molecule has 2 aliphatic heterocycles. The van der Waals surface area contributed by atoms with Gasteiger partial charge >= 0.3 is 5.97 Å². The monoisotopic (exact) mass is 426 g/mol. The summed E-state index contributed by atoms with van der Waals surface area (Å²) in [5.41, 5.74) is 1.96. The van der Waals surface area contributed by atoms with Crippen LogP contribution in [0.1, 0.15) is 50.7 Å². The Morgan fingerprint density at radius 3 is 2.75 bits per heavy atom. The van der Waals surface area contributed by atoms with Gasteiger partial charge in [-0.3, -0.25) is 9.36 Å². The molecule has 0 spiro atoms. The Morgan fingerprint density at radius 2 is 2.00 bits per heavy atom. The number of hydrogen-bond donors (Lipinski definition) is 2. The van der Waals surface area contributed by atoms with E-state index < -0.39 is 5.41 Å². The van der Waals surface area contributed by atoms with Gasteiger partial charge in [-0.1, -0.05) is 18.2 Å². The van der Waals surface area contributed by atoms with Crippen LogP contribution in [-0.4, -0.2) is 22.1 Å². The highest BCUT2D eigenvalue weighted by Crippen LogP contribution is 2.46. The van der Waals surface area contributed by atoms with E-state index >= 15 is 0 Å². The number of benzene rings is 1. The number of fused-ring (bicyclic) bond motifs is 3. The van der Waals surface area contributed by atoms with Crippen molar-refractivity contribution >= 4 is 36.5 Å². The Kier molecular flexibility index (Phi) is 7.02. The third kappa shape index (κ3) is 4.14. The summed E-state index contributed by atoms with van der Waals surface area (Å²) in [5, 5.41) is 7.30. The van der Waals surface area contributed by atoms with Crippen LogP contribution >= 0.6 is 24.8 Å². The molecule has 0 amide bonds. The van der Waals surface area contributed by atoms with Crippen LogP contribution in [0.3, 0.4) is 0 Å². The van der Waals surface area contributed by atoms with Gasteiger partial charge in [0.15, 0.2) is 6.73 Å². The molecule has 4 rings (SSSR count). The van der Waals surface area contributed by atoms with E-state index in [0.29, 0.717) is 12.0 Å². The van der Waals surface area contributed by atoms with Crippen LogP contribution in [0.5, 0.6) is 0 Å². The summed E-state index contributed by atoms with van der Waals surface area (Å²) in [6.45, 7) is 6.77. The van der Waals surface area contributed by atoms with Crippen LogP contribution in [0.4, 0.5) is 5.69 Å². The molecule has 2 aliphatic rings. The first-order valence-corrected chi connectivity index (χ1v) is 9.22. The number of carbonyl (C=O) groups is 1. The molecule has 1 aromatic carbocycles. The first-order valence-electron chi connectivity index (χ1n) is 9.22. The van der Waals surface area contributed by atoms with Crippen LogP contribution in [0.25, 0.3) is 0 Å². The molecule has 0 saturated carbocycles. The van der Waals surface area contributed by atoms with Gasteiger partial charge in [-0.05, 0) is 45.4 Å². The van der Waals surface area contributed by atoms with E-state index in [9.17, 15) is 4.79 Å². The fraction of sp³-hybridized carbons (Fsp3) is 0.500. The Bertz CT molecular complexity index is 819. The van der Waals surface area contributed by atoms with Crippen molar-refractivity contribution in [3.8, 4) is 0 Å². The van der Waals surface area contributed by atoms with Crippen LogP contribution in [0.15, 0.2) is 36.7 Å². The highest BCUT2D eigenvalue weighted by Gasteiger charge is 2.41. The number of nitrogens with one attached hydrogen (secondary N) is 2. The van der Waals surface area contributed by atoms with Crippen molar-refractivity contribution in [1.29, 1.82) is 0 Å². The maximum atomic E-state index is 12.1. The minimum absolute atomic E-state index is 0. The van der Waals surface area contributed by atoms with Gasteiger partial charge in [-0.15, -0.1) is 24.8 Å². The second-order valence-corrected chi connectivity index (χ2v) is 8.16. The van der Waals surface area contributed by atoms with Gasteiger partial charge in [0.1, 0.15) is 5.82 Å². The number of esters is 1. The quantitative estimate of drug-likeness (QED) is 0.723. The molecule has 0 unspecified atom stereocenters. The van der Waals surface area contributed by atoms with Gasteiger partial charge in [0.2, 0.25) is 0 Å². The van der Waals surface area contributed by atoms with Crippen molar-refractivity contribution in [2.24, 2.45) is 11.3 Å². The van der Waals surface area contributed by atoms with Crippen molar-refractivity contribution in [3.63, 3.8) is 0 Å². The van der Waals surface area contributed by atoms with Crippen molar-refractivity contribution in [3.05, 3.63) is 48.0 Å². The number of para-hydroxylation sites is 1. The highest BCUT2D eigenvalue weighted by molar-refractivity contribution is 5.85. The number of nitrogens with zero attached hydrogens (tertiary/aromatic N) is 2. The molecule has 2 aromatic rings. The average Bonchev–Trinajstić information content (AvgIpc) is 3.27. The second-order valence-electron chi connectivity index (χ2n) is 8.16. The SMILES string of the molecule is CC(C)(C)C(=O)OCn1ccnc1[C@H]1Nc2ccccc2[C@H]2NCC[C@@H]21.Cl.Cl. The Balaban J connectivity index is 0.00000140. The molecule has 2 N–H and O–H groups in total. The molecule has 1 aromatic heterocycles. The largest absolute Gasteiger partial charge is 0.443 e. The lowest BCUT2D eigenvalue weighted by atomic mass is 9.83. The van der Waals surface area contributed by atoms with Crippen LogP contribution in [0.2, 0.25) is 0 Å². The van der Waals surface area contributed by atoms with E-state index in [0.717, 1.165) is 24.5 Å². The van der Waals surface area contributed by atoms with Gasteiger partial charge in [0.05, 0.1) is 11.5 Å². The number of rotatable bonds is 3. The molecular formula is C20H28Cl2N4O2. The van der Waals surface area contributed by atoms with E-state index in [2.05, 4.69) is 39.9 Å². The number of ether oxygens (including phenoxy) is 1. The molecule has 154 valence electrons. The molecular weight excluding hydrogens is 399 g/mol. The fourth-order valence-corrected chi connectivity index (χ4v) is 3.91. The molecule has 28 heavy (non-hydrogen) atoms. The molecule has 3 heterocycles. The zero-order chi connectivity index (χ0) is 18.3. The van der Waals surface area contributed by atoms with Gasteiger partial charge in [-0.2, -0.15) is 0 Å². The summed E-state index contributed by atoms with van der Waals surface area (Å²) in [4.78, 5) is 16.7. The first kappa shape index (κ1) is 22.5. The van der Waals surface area contributed by atoms with Crippen LogP contribution in [-0.2, 0) is 16.3 Å². The number of hydrogen-bond acceptors (Lipinski definition) is 5. The molecule has 6 nitrogen and oxygen atoms in total. The van der Waals surface area contributed by atoms with Gasteiger partial charge in [0, 0.05) is 30.0 Å². The summed E-state index contributed by atoms with van der Waals surface area (Å²) in [6.07, 6.45) is 4.75. The summed E-state index contributed by atoms with van der Waals surface area (Å²) < 4.78 is 7.44. The summed E-state index contributed by atoms with van der Waals surface area (Å²) in [5.74, 6) is 1.13. The minimum atomic E-state index is -0.511. The smallest absolute Gasteiger partial charge is 0.312 e. The summed E-state index contributed by atoms with van der Waals surface area (Å²) in [7, 11) is 0. The lowest BCUT2D eigenvalue weighted by Crippen LogP contribution is -2.34. The normalized spacial score (nSPS) is 22.8. The molecule has 1 fully saturated rings. The molecule has 0 radical (unpaired) electrons. The van der Waals surface area contributed by atoms with Crippen molar-refractivity contribution in [1.82, 2.24) is 14.9 Å². The van der Waals surface area contributed by atoms with Gasteiger partial charge < -0.3 is 15.4 Å². The van der Waals surface area contributed by atoms with Gasteiger partial charge in [-0.25, -0.2) is 4.98 Å². The Hall–Kier alpha value is -1.76. The molecule has 0 bridgehead atoms. The molecule has 3 atom stereocenters. The van der Waals surface area contributed by atoms with E-state index in [1.165, 1.54) is 5.56 Å². The highest BCUT2D eigenvalue weighted by atomic mass is 35.5. The minimum Gasteiger partial charge on any atom is -0.443 e. The molecule has 1 saturated heterocycles. The zero-order valence-corrected chi connectivity index (χ0v) is 18.0.